The van der Waals surface area contributed by atoms with E-state index in [1.165, 1.54) is 13.3 Å². The fourth-order valence-electron chi connectivity index (χ4n) is 2.87. The van der Waals surface area contributed by atoms with Gasteiger partial charge in [0, 0.05) is 21.3 Å². The van der Waals surface area contributed by atoms with Gasteiger partial charge in [-0.15, -0.1) is 0 Å². The van der Waals surface area contributed by atoms with Crippen LogP contribution in [0.5, 0.6) is 17.2 Å². The molecule has 2 amide bonds. The molecule has 0 radical (unpaired) electrons. The molecule has 0 saturated heterocycles. The van der Waals surface area contributed by atoms with E-state index < -0.39 is 11.8 Å². The Labute approximate surface area is 218 Å². The van der Waals surface area contributed by atoms with Crippen molar-refractivity contribution in [2.75, 3.05) is 19.0 Å². The zero-order chi connectivity index (χ0) is 25.9. The molecule has 0 aliphatic rings. The van der Waals surface area contributed by atoms with E-state index in [9.17, 15) is 9.59 Å². The Morgan fingerprint density at radius 1 is 0.972 bits per heavy atom. The van der Waals surface area contributed by atoms with Gasteiger partial charge in [-0.1, -0.05) is 41.9 Å². The van der Waals surface area contributed by atoms with Crippen LogP contribution in [0.25, 0.3) is 0 Å². The third-order valence-corrected chi connectivity index (χ3v) is 5.24. The van der Waals surface area contributed by atoms with Crippen LogP contribution in [0.4, 0.5) is 5.69 Å². The first-order valence-electron chi connectivity index (χ1n) is 10.6. The fourth-order valence-corrected chi connectivity index (χ4v) is 3.33. The second-order valence-electron chi connectivity index (χ2n) is 7.21. The average Bonchev–Trinajstić information content (AvgIpc) is 2.88. The second kappa shape index (κ2) is 13.2. The molecule has 186 valence electrons. The highest BCUT2D eigenvalue weighted by atomic mass is 35.5. The number of nitrogens with zero attached hydrogens (tertiary/aromatic N) is 1. The minimum absolute atomic E-state index is 0.218. The van der Waals surface area contributed by atoms with Crippen molar-refractivity contribution in [1.29, 1.82) is 0 Å². The van der Waals surface area contributed by atoms with Crippen LogP contribution in [-0.2, 0) is 16.2 Å². The third-order valence-electron chi connectivity index (χ3n) is 4.65. The van der Waals surface area contributed by atoms with E-state index in [1.807, 2.05) is 0 Å². The Morgan fingerprint density at radius 3 is 2.44 bits per heavy atom. The van der Waals surface area contributed by atoms with Crippen molar-refractivity contribution in [2.45, 2.75) is 6.61 Å². The molecule has 0 aliphatic carbocycles. The molecule has 3 rings (SSSR count). The van der Waals surface area contributed by atoms with E-state index in [2.05, 4.69) is 22.4 Å². The summed E-state index contributed by atoms with van der Waals surface area (Å²) in [5.41, 5.74) is 4.00. The lowest BCUT2D eigenvalue weighted by molar-refractivity contribution is -0.136. The molecule has 0 saturated carbocycles. The SMILES string of the molecule is C=CCOc1ccc(NC(=O)C(=O)N/N=C\c2ccc(OCc3ccc(Cl)cc3Cl)c(OC)c2)cc1. The lowest BCUT2D eigenvalue weighted by Gasteiger charge is -2.12. The van der Waals surface area contributed by atoms with Crippen LogP contribution in [0.1, 0.15) is 11.1 Å². The summed E-state index contributed by atoms with van der Waals surface area (Å²) >= 11 is 12.1. The van der Waals surface area contributed by atoms with Gasteiger partial charge >= 0.3 is 11.8 Å². The summed E-state index contributed by atoms with van der Waals surface area (Å²) in [5, 5.41) is 7.35. The standard InChI is InChI=1S/C26H23Cl2N3O5/c1-3-12-35-21-9-7-20(8-10-21)30-25(32)26(33)31-29-15-17-4-11-23(24(13-17)34-2)36-16-18-5-6-19(27)14-22(18)28/h3-11,13-15H,1,12,16H2,2H3,(H,30,32)(H,31,33)/b29-15-. The highest BCUT2D eigenvalue weighted by Gasteiger charge is 2.13. The normalized spacial score (nSPS) is 10.5. The molecule has 0 spiro atoms. The molecule has 0 bridgehead atoms. The van der Waals surface area contributed by atoms with Gasteiger partial charge in [-0.25, -0.2) is 5.43 Å². The Kier molecular flexibility index (Phi) is 9.73. The van der Waals surface area contributed by atoms with Crippen LogP contribution < -0.4 is 25.0 Å². The van der Waals surface area contributed by atoms with Gasteiger partial charge in [0.2, 0.25) is 0 Å². The van der Waals surface area contributed by atoms with Crippen molar-refractivity contribution >= 4 is 46.9 Å². The maximum Gasteiger partial charge on any atom is 0.329 e. The van der Waals surface area contributed by atoms with E-state index >= 15 is 0 Å². The van der Waals surface area contributed by atoms with Crippen LogP contribution in [0, 0.1) is 0 Å². The van der Waals surface area contributed by atoms with Gasteiger partial charge in [-0.2, -0.15) is 5.10 Å². The quantitative estimate of drug-likeness (QED) is 0.163. The number of nitrogens with one attached hydrogen (secondary N) is 2. The Morgan fingerprint density at radius 2 is 1.75 bits per heavy atom. The largest absolute Gasteiger partial charge is 0.493 e. The topological polar surface area (TPSA) is 98.2 Å². The minimum atomic E-state index is -0.926. The summed E-state index contributed by atoms with van der Waals surface area (Å²) in [5.74, 6) is -0.236. The van der Waals surface area contributed by atoms with E-state index in [1.54, 1.807) is 66.7 Å². The predicted octanol–water partition coefficient (Wildman–Crippen LogP) is 5.23. The molecule has 0 aliphatic heterocycles. The summed E-state index contributed by atoms with van der Waals surface area (Å²) in [4.78, 5) is 24.1. The number of rotatable bonds is 10. The first-order valence-corrected chi connectivity index (χ1v) is 11.4. The minimum Gasteiger partial charge on any atom is -0.493 e. The van der Waals surface area contributed by atoms with E-state index in [4.69, 9.17) is 37.4 Å². The van der Waals surface area contributed by atoms with Gasteiger partial charge in [0.1, 0.15) is 19.0 Å². The average molecular weight is 528 g/mol. The lowest BCUT2D eigenvalue weighted by atomic mass is 10.2. The number of carbonyl (C=O) groups excluding carboxylic acids is 2. The number of anilines is 1. The van der Waals surface area contributed by atoms with Gasteiger partial charge in [-0.05, 0) is 60.2 Å². The molecule has 0 heterocycles. The molecular weight excluding hydrogens is 505 g/mol. The Bertz CT molecular complexity index is 1260. The first-order chi connectivity index (χ1) is 17.4. The number of hydrogen-bond donors (Lipinski definition) is 2. The van der Waals surface area contributed by atoms with Crippen LogP contribution in [0.15, 0.2) is 78.4 Å². The number of methoxy groups -OCH3 is 1. The molecular formula is C26H23Cl2N3O5. The van der Waals surface area contributed by atoms with Gasteiger partial charge in [0.25, 0.3) is 0 Å². The number of hydrazone groups is 1. The fraction of sp³-hybridized carbons (Fsp3) is 0.115. The zero-order valence-corrected chi connectivity index (χ0v) is 20.8. The molecule has 10 heteroatoms. The highest BCUT2D eigenvalue weighted by Crippen LogP contribution is 2.29. The third kappa shape index (κ3) is 7.76. The summed E-state index contributed by atoms with van der Waals surface area (Å²) in [7, 11) is 1.50. The molecule has 8 nitrogen and oxygen atoms in total. The van der Waals surface area contributed by atoms with Crippen molar-refractivity contribution in [3.05, 3.63) is 94.5 Å². The van der Waals surface area contributed by atoms with Gasteiger partial charge in [-0.3, -0.25) is 9.59 Å². The van der Waals surface area contributed by atoms with Crippen molar-refractivity contribution in [2.24, 2.45) is 5.10 Å². The second-order valence-corrected chi connectivity index (χ2v) is 8.06. The lowest BCUT2D eigenvalue weighted by Crippen LogP contribution is -2.32. The molecule has 0 fully saturated rings. The smallest absolute Gasteiger partial charge is 0.329 e. The number of hydrogen-bond acceptors (Lipinski definition) is 6. The monoisotopic (exact) mass is 527 g/mol. The molecule has 3 aromatic carbocycles. The van der Waals surface area contributed by atoms with E-state index in [-0.39, 0.29) is 6.61 Å². The first kappa shape index (κ1) is 26.6. The van der Waals surface area contributed by atoms with E-state index in [0.29, 0.717) is 45.2 Å². The highest BCUT2D eigenvalue weighted by molar-refractivity contribution is 6.39. The number of carbonyl (C=O) groups is 2. The van der Waals surface area contributed by atoms with Crippen LogP contribution >= 0.6 is 23.2 Å². The summed E-state index contributed by atoms with van der Waals surface area (Å²) in [6.45, 7) is 4.16. The molecule has 0 aromatic heterocycles. The molecule has 2 N–H and O–H groups in total. The summed E-state index contributed by atoms with van der Waals surface area (Å²) < 4.78 is 16.6. The summed E-state index contributed by atoms with van der Waals surface area (Å²) in [6, 6.07) is 16.8. The predicted molar refractivity (Wildman–Crippen MR) is 140 cm³/mol. The molecule has 3 aromatic rings. The number of amides is 2. The summed E-state index contributed by atoms with van der Waals surface area (Å²) in [6.07, 6.45) is 3.00. The molecule has 36 heavy (non-hydrogen) atoms. The molecule has 0 unspecified atom stereocenters. The van der Waals surface area contributed by atoms with Crippen molar-refractivity contribution in [3.63, 3.8) is 0 Å². The molecule has 0 atom stereocenters. The number of benzene rings is 3. The maximum absolute atomic E-state index is 12.1. The number of ether oxygens (including phenoxy) is 3. The van der Waals surface area contributed by atoms with Crippen LogP contribution in [0.3, 0.4) is 0 Å². The van der Waals surface area contributed by atoms with Crippen LogP contribution in [0.2, 0.25) is 10.0 Å². The van der Waals surface area contributed by atoms with Crippen molar-refractivity contribution in [3.8, 4) is 17.2 Å². The van der Waals surface area contributed by atoms with Gasteiger partial charge < -0.3 is 19.5 Å². The van der Waals surface area contributed by atoms with Gasteiger partial charge in [0.15, 0.2) is 11.5 Å². The van der Waals surface area contributed by atoms with Crippen LogP contribution in [-0.4, -0.2) is 31.7 Å². The zero-order valence-electron chi connectivity index (χ0n) is 19.3. The van der Waals surface area contributed by atoms with Crippen molar-refractivity contribution in [1.82, 2.24) is 5.43 Å². The Balaban J connectivity index is 1.53. The number of halogens is 2. The Hall–Kier alpha value is -4.01. The van der Waals surface area contributed by atoms with Gasteiger partial charge in [0.05, 0.1) is 13.3 Å². The van der Waals surface area contributed by atoms with Crippen molar-refractivity contribution < 1.29 is 23.8 Å². The maximum atomic E-state index is 12.1. The van der Waals surface area contributed by atoms with E-state index in [0.717, 1.165) is 5.56 Å².